The van der Waals surface area contributed by atoms with E-state index >= 15 is 0 Å². The molecule has 0 saturated carbocycles. The molecule has 3 nitrogen and oxygen atoms in total. The molecule has 124 valence electrons. The predicted octanol–water partition coefficient (Wildman–Crippen LogP) is 4.72. The third-order valence-electron chi connectivity index (χ3n) is 3.14. The zero-order chi connectivity index (χ0) is 16.9. The highest BCUT2D eigenvalue weighted by Gasteiger charge is 2.43. The van der Waals surface area contributed by atoms with E-state index in [0.717, 1.165) is 24.8 Å². The van der Waals surface area contributed by atoms with Crippen molar-refractivity contribution in [2.45, 2.75) is 38.7 Å². The summed E-state index contributed by atoms with van der Waals surface area (Å²) in [6.07, 6.45) is -1.95. The molecule has 0 atom stereocenters. The monoisotopic (exact) mass is 328 g/mol. The molecule has 1 aromatic carbocycles. The Morgan fingerprint density at radius 3 is 2.22 bits per heavy atom. The van der Waals surface area contributed by atoms with E-state index in [1.54, 1.807) is 12.4 Å². The van der Waals surface area contributed by atoms with Crippen molar-refractivity contribution in [1.29, 1.82) is 0 Å². The van der Waals surface area contributed by atoms with Gasteiger partial charge in [-0.1, -0.05) is 13.3 Å². The molecule has 7 heteroatoms. The minimum Gasteiger partial charge on any atom is -0.428 e. The minimum atomic E-state index is -4.51. The molecule has 2 rings (SSSR count). The topological polar surface area (TPSA) is 35.0 Å². The summed E-state index contributed by atoms with van der Waals surface area (Å²) in [5, 5.41) is 0. The summed E-state index contributed by atoms with van der Waals surface area (Å²) < 4.78 is 53.8. The molecular weight excluding hydrogens is 312 g/mol. The summed E-state index contributed by atoms with van der Waals surface area (Å²) in [6.45, 7) is 2.09. The quantitative estimate of drug-likeness (QED) is 0.690. The molecule has 23 heavy (non-hydrogen) atoms. The lowest BCUT2D eigenvalue weighted by atomic mass is 10.1. The molecule has 0 unspecified atom stereocenters. The van der Waals surface area contributed by atoms with Gasteiger partial charge in [-0.05, 0) is 42.7 Å². The Morgan fingerprint density at radius 1 is 1.09 bits per heavy atom. The van der Waals surface area contributed by atoms with Crippen molar-refractivity contribution >= 4 is 0 Å². The highest BCUT2D eigenvalue weighted by atomic mass is 19.3. The molecule has 0 radical (unpaired) electrons. The van der Waals surface area contributed by atoms with Crippen molar-refractivity contribution in [2.24, 2.45) is 0 Å². The second-order valence-corrected chi connectivity index (χ2v) is 5.01. The van der Waals surface area contributed by atoms with Crippen LogP contribution < -0.4 is 4.74 Å². The van der Waals surface area contributed by atoms with Crippen LogP contribution in [0, 0.1) is 0 Å². The average Bonchev–Trinajstić information content (AvgIpc) is 2.54. The van der Waals surface area contributed by atoms with Gasteiger partial charge in [-0.3, -0.25) is 0 Å². The Hall–Kier alpha value is -2.18. The maximum Gasteiger partial charge on any atom is 0.461 e. The summed E-state index contributed by atoms with van der Waals surface area (Å²) in [4.78, 5) is 8.43. The third kappa shape index (κ3) is 4.64. The summed E-state index contributed by atoms with van der Waals surface area (Å²) in [5.74, 6) is 0.0797. The number of halogens is 4. The Kier molecular flexibility index (Phi) is 5.52. The third-order valence-corrected chi connectivity index (χ3v) is 3.14. The van der Waals surface area contributed by atoms with Crippen LogP contribution in [0.1, 0.15) is 25.3 Å². The highest BCUT2D eigenvalue weighted by molar-refractivity contribution is 5.55. The fraction of sp³-hybridized carbons (Fsp3) is 0.375. The summed E-state index contributed by atoms with van der Waals surface area (Å²) in [7, 11) is 0. The molecule has 0 aliphatic rings. The van der Waals surface area contributed by atoms with Crippen LogP contribution in [0.5, 0.6) is 5.75 Å². The Labute approximate surface area is 131 Å². The standard InChI is InChI=1S/C16H16F4N2O/c1-2-3-4-11-9-21-14(22-10-11)12-5-7-13(8-6-12)23-16(19,20)15(17)18/h5-10,15H,2-4H2,1H3. The largest absolute Gasteiger partial charge is 0.461 e. The van der Waals surface area contributed by atoms with E-state index in [1.165, 1.54) is 24.3 Å². The fourth-order valence-corrected chi connectivity index (χ4v) is 1.89. The molecular formula is C16H16F4N2O. The summed E-state index contributed by atoms with van der Waals surface area (Å²) in [6, 6.07) is 5.25. The Bertz CT molecular complexity index is 615. The minimum absolute atomic E-state index is 0.349. The molecule has 0 spiro atoms. The number of benzene rings is 1. The molecule has 0 saturated heterocycles. The van der Waals surface area contributed by atoms with E-state index in [0.29, 0.717) is 11.4 Å². The van der Waals surface area contributed by atoms with Gasteiger partial charge in [0, 0.05) is 18.0 Å². The first-order valence-electron chi connectivity index (χ1n) is 7.18. The SMILES string of the molecule is CCCCc1cnc(-c2ccc(OC(F)(F)C(F)F)cc2)nc1. The van der Waals surface area contributed by atoms with Crippen molar-refractivity contribution in [3.63, 3.8) is 0 Å². The van der Waals surface area contributed by atoms with E-state index in [9.17, 15) is 17.6 Å². The normalized spacial score (nSPS) is 11.7. The number of unbranched alkanes of at least 4 members (excludes halogenated alkanes) is 1. The second-order valence-electron chi connectivity index (χ2n) is 5.01. The van der Waals surface area contributed by atoms with Gasteiger partial charge in [-0.25, -0.2) is 9.97 Å². The van der Waals surface area contributed by atoms with Gasteiger partial charge in [-0.2, -0.15) is 17.6 Å². The molecule has 1 heterocycles. The van der Waals surface area contributed by atoms with Crippen LogP contribution in [0.25, 0.3) is 11.4 Å². The van der Waals surface area contributed by atoms with Crippen LogP contribution >= 0.6 is 0 Å². The molecule has 0 fully saturated rings. The number of ether oxygens (including phenoxy) is 1. The molecule has 1 aromatic heterocycles. The Morgan fingerprint density at radius 2 is 1.70 bits per heavy atom. The van der Waals surface area contributed by atoms with E-state index in [-0.39, 0.29) is 5.75 Å². The van der Waals surface area contributed by atoms with Crippen molar-refractivity contribution in [2.75, 3.05) is 0 Å². The smallest absolute Gasteiger partial charge is 0.428 e. The molecule has 2 aromatic rings. The first-order valence-corrected chi connectivity index (χ1v) is 7.18. The predicted molar refractivity (Wildman–Crippen MR) is 77.7 cm³/mol. The van der Waals surface area contributed by atoms with Gasteiger partial charge in [0.05, 0.1) is 0 Å². The zero-order valence-corrected chi connectivity index (χ0v) is 12.5. The van der Waals surface area contributed by atoms with Crippen molar-refractivity contribution < 1.29 is 22.3 Å². The maximum absolute atomic E-state index is 12.8. The number of alkyl halides is 4. The van der Waals surface area contributed by atoms with Gasteiger partial charge in [0.2, 0.25) is 0 Å². The van der Waals surface area contributed by atoms with Gasteiger partial charge in [0.15, 0.2) is 5.82 Å². The van der Waals surface area contributed by atoms with Crippen molar-refractivity contribution in [1.82, 2.24) is 9.97 Å². The van der Waals surface area contributed by atoms with Crippen LogP contribution in [-0.2, 0) is 6.42 Å². The van der Waals surface area contributed by atoms with E-state index in [4.69, 9.17) is 0 Å². The molecule has 0 bridgehead atoms. The number of rotatable bonds is 7. The van der Waals surface area contributed by atoms with Crippen LogP contribution in [0.15, 0.2) is 36.7 Å². The molecule has 0 aliphatic heterocycles. The highest BCUT2D eigenvalue weighted by Crippen LogP contribution is 2.28. The summed E-state index contributed by atoms with van der Waals surface area (Å²) >= 11 is 0. The first-order chi connectivity index (χ1) is 10.9. The van der Waals surface area contributed by atoms with Gasteiger partial charge >= 0.3 is 12.5 Å². The molecule has 0 N–H and O–H groups in total. The van der Waals surface area contributed by atoms with Gasteiger partial charge in [0.1, 0.15) is 5.75 Å². The lowest BCUT2D eigenvalue weighted by molar-refractivity contribution is -0.253. The van der Waals surface area contributed by atoms with Crippen LogP contribution in [0.3, 0.4) is 0 Å². The van der Waals surface area contributed by atoms with Crippen molar-refractivity contribution in [3.05, 3.63) is 42.2 Å². The van der Waals surface area contributed by atoms with Gasteiger partial charge in [0.25, 0.3) is 0 Å². The van der Waals surface area contributed by atoms with Gasteiger partial charge in [-0.15, -0.1) is 0 Å². The fourth-order valence-electron chi connectivity index (χ4n) is 1.89. The van der Waals surface area contributed by atoms with Crippen molar-refractivity contribution in [3.8, 4) is 17.1 Å². The Balaban J connectivity index is 2.07. The number of nitrogens with zero attached hydrogens (tertiary/aromatic N) is 2. The summed E-state index contributed by atoms with van der Waals surface area (Å²) in [5.41, 5.74) is 1.60. The lowest BCUT2D eigenvalue weighted by Crippen LogP contribution is -2.33. The average molecular weight is 328 g/mol. The molecule has 0 aliphatic carbocycles. The van der Waals surface area contributed by atoms with E-state index in [2.05, 4.69) is 21.6 Å². The van der Waals surface area contributed by atoms with E-state index in [1.807, 2.05) is 0 Å². The number of hydrogen-bond donors (Lipinski definition) is 0. The van der Waals surface area contributed by atoms with E-state index < -0.39 is 12.5 Å². The van der Waals surface area contributed by atoms with Crippen LogP contribution in [0.4, 0.5) is 17.6 Å². The van der Waals surface area contributed by atoms with Crippen LogP contribution in [0.2, 0.25) is 0 Å². The number of hydrogen-bond acceptors (Lipinski definition) is 3. The maximum atomic E-state index is 12.8. The zero-order valence-electron chi connectivity index (χ0n) is 12.5. The first kappa shape index (κ1) is 17.2. The molecule has 0 amide bonds. The lowest BCUT2D eigenvalue weighted by Gasteiger charge is -2.16. The number of aryl methyl sites for hydroxylation is 1. The van der Waals surface area contributed by atoms with Gasteiger partial charge < -0.3 is 4.74 Å². The number of aromatic nitrogens is 2. The van der Waals surface area contributed by atoms with Crippen LogP contribution in [-0.4, -0.2) is 22.5 Å². The second kappa shape index (κ2) is 7.39.